The van der Waals surface area contributed by atoms with Crippen LogP contribution in [0.3, 0.4) is 0 Å². The highest BCUT2D eigenvalue weighted by atomic mass is 32.2. The van der Waals surface area contributed by atoms with E-state index in [0.717, 1.165) is 28.7 Å². The molecule has 0 aliphatic heterocycles. The summed E-state index contributed by atoms with van der Waals surface area (Å²) in [6, 6.07) is 3.11. The zero-order valence-corrected chi connectivity index (χ0v) is 13.4. The number of anilines is 1. The van der Waals surface area contributed by atoms with Crippen LogP contribution in [0, 0.1) is 11.3 Å². The van der Waals surface area contributed by atoms with Gasteiger partial charge < -0.3 is 4.90 Å². The Bertz CT molecular complexity index is 519. The van der Waals surface area contributed by atoms with Crippen LogP contribution in [0.1, 0.15) is 32.1 Å². The number of thioether (sulfide) groups is 1. The van der Waals surface area contributed by atoms with Gasteiger partial charge in [-0.15, -0.1) is 10.2 Å². The summed E-state index contributed by atoms with van der Waals surface area (Å²) >= 11 is 3.41. The molecular weight excluding hydrogens is 290 g/mol. The maximum Gasteiger partial charge on any atom is 0.208 e. The molecule has 2 saturated carbocycles. The highest BCUT2D eigenvalue weighted by Crippen LogP contribution is 2.42. The van der Waals surface area contributed by atoms with Crippen LogP contribution in [-0.4, -0.2) is 41.1 Å². The standard InChI is InChI=1S/C13H19N5S2/c1-18(2)11-16-17-12(20-11)19-10-5-6-13(7-10,8-14)15-9-3-4-9/h9-10,15H,3-7H2,1-2H3. The van der Waals surface area contributed by atoms with Crippen LogP contribution in [0.2, 0.25) is 0 Å². The first-order valence-electron chi connectivity index (χ1n) is 6.97. The average Bonchev–Trinajstić information content (AvgIpc) is 2.95. The zero-order chi connectivity index (χ0) is 14.2. The van der Waals surface area contributed by atoms with Crippen molar-refractivity contribution in [3.8, 4) is 6.07 Å². The lowest BCUT2D eigenvalue weighted by atomic mass is 10.00. The number of hydrogen-bond acceptors (Lipinski definition) is 7. The Morgan fingerprint density at radius 2 is 2.20 bits per heavy atom. The van der Waals surface area contributed by atoms with Crippen molar-refractivity contribution in [3.05, 3.63) is 0 Å². The smallest absolute Gasteiger partial charge is 0.208 e. The van der Waals surface area contributed by atoms with Crippen molar-refractivity contribution in [2.75, 3.05) is 19.0 Å². The Hall–Kier alpha value is -0.840. The molecule has 2 aliphatic rings. The second-order valence-corrected chi connectivity index (χ2v) is 8.34. The molecule has 0 spiro atoms. The van der Waals surface area contributed by atoms with Gasteiger partial charge in [0, 0.05) is 25.4 Å². The van der Waals surface area contributed by atoms with E-state index in [1.165, 1.54) is 12.8 Å². The van der Waals surface area contributed by atoms with Crippen LogP contribution < -0.4 is 10.2 Å². The molecule has 2 aliphatic carbocycles. The molecule has 1 N–H and O–H groups in total. The summed E-state index contributed by atoms with van der Waals surface area (Å²) in [7, 11) is 3.95. The fraction of sp³-hybridized carbons (Fsp3) is 0.769. The maximum atomic E-state index is 9.50. The predicted octanol–water partition coefficient (Wildman–Crippen LogP) is 2.26. The minimum absolute atomic E-state index is 0.298. The lowest BCUT2D eigenvalue weighted by Crippen LogP contribution is -2.43. The van der Waals surface area contributed by atoms with Gasteiger partial charge in [-0.2, -0.15) is 5.26 Å². The third kappa shape index (κ3) is 3.08. The van der Waals surface area contributed by atoms with Gasteiger partial charge in [-0.25, -0.2) is 0 Å². The van der Waals surface area contributed by atoms with Gasteiger partial charge in [-0.3, -0.25) is 5.32 Å². The quantitative estimate of drug-likeness (QED) is 0.900. The fourth-order valence-corrected chi connectivity index (χ4v) is 4.86. The van der Waals surface area contributed by atoms with Crippen molar-refractivity contribution in [3.63, 3.8) is 0 Å². The van der Waals surface area contributed by atoms with Gasteiger partial charge in [0.05, 0.1) is 6.07 Å². The van der Waals surface area contributed by atoms with Gasteiger partial charge in [0.2, 0.25) is 5.13 Å². The molecule has 7 heteroatoms. The van der Waals surface area contributed by atoms with E-state index in [2.05, 4.69) is 21.6 Å². The second kappa shape index (κ2) is 5.51. The summed E-state index contributed by atoms with van der Waals surface area (Å²) < 4.78 is 1.01. The SMILES string of the molecule is CN(C)c1nnc(SC2CCC(C#N)(NC3CC3)C2)s1. The number of nitriles is 1. The molecule has 0 radical (unpaired) electrons. The normalized spacial score (nSPS) is 29.4. The van der Waals surface area contributed by atoms with E-state index in [0.29, 0.717) is 11.3 Å². The van der Waals surface area contributed by atoms with Crippen LogP contribution in [-0.2, 0) is 0 Å². The molecule has 1 aromatic rings. The first-order valence-corrected chi connectivity index (χ1v) is 8.66. The van der Waals surface area contributed by atoms with Crippen molar-refractivity contribution >= 4 is 28.2 Å². The van der Waals surface area contributed by atoms with Gasteiger partial charge in [0.15, 0.2) is 4.34 Å². The summed E-state index contributed by atoms with van der Waals surface area (Å²) in [6.07, 6.45) is 5.40. The Morgan fingerprint density at radius 3 is 2.80 bits per heavy atom. The van der Waals surface area contributed by atoms with Gasteiger partial charge in [0.1, 0.15) is 5.54 Å². The number of nitrogens with zero attached hydrogens (tertiary/aromatic N) is 4. The summed E-state index contributed by atoms with van der Waals surface area (Å²) in [5.74, 6) is 0. The molecular formula is C13H19N5S2. The lowest BCUT2D eigenvalue weighted by Gasteiger charge is -2.22. The molecule has 2 unspecified atom stereocenters. The van der Waals surface area contributed by atoms with Crippen molar-refractivity contribution in [2.45, 2.75) is 53.3 Å². The van der Waals surface area contributed by atoms with E-state index in [4.69, 9.17) is 0 Å². The molecule has 2 atom stereocenters. The topological polar surface area (TPSA) is 64.8 Å². The molecule has 0 amide bonds. The molecule has 3 rings (SSSR count). The van der Waals surface area contributed by atoms with Crippen molar-refractivity contribution in [1.29, 1.82) is 5.26 Å². The highest BCUT2D eigenvalue weighted by molar-refractivity contribution is 8.01. The van der Waals surface area contributed by atoms with Crippen LogP contribution in [0.15, 0.2) is 4.34 Å². The van der Waals surface area contributed by atoms with Crippen LogP contribution in [0.25, 0.3) is 0 Å². The van der Waals surface area contributed by atoms with Gasteiger partial charge in [-0.05, 0) is 32.1 Å². The maximum absolute atomic E-state index is 9.50. The summed E-state index contributed by atoms with van der Waals surface area (Å²) in [6.45, 7) is 0. The van der Waals surface area contributed by atoms with Gasteiger partial charge in [-0.1, -0.05) is 23.1 Å². The largest absolute Gasteiger partial charge is 0.353 e. The molecule has 108 valence electrons. The number of aromatic nitrogens is 2. The van der Waals surface area contributed by atoms with E-state index in [-0.39, 0.29) is 5.54 Å². The molecule has 2 fully saturated rings. The predicted molar refractivity (Wildman–Crippen MR) is 82.2 cm³/mol. The highest BCUT2D eigenvalue weighted by Gasteiger charge is 2.43. The average molecular weight is 309 g/mol. The third-order valence-electron chi connectivity index (χ3n) is 3.79. The Balaban J connectivity index is 1.60. The van der Waals surface area contributed by atoms with E-state index < -0.39 is 0 Å². The monoisotopic (exact) mass is 309 g/mol. The van der Waals surface area contributed by atoms with Crippen LogP contribution in [0.4, 0.5) is 5.13 Å². The van der Waals surface area contributed by atoms with Crippen molar-refractivity contribution in [2.24, 2.45) is 0 Å². The number of nitrogens with one attached hydrogen (secondary N) is 1. The van der Waals surface area contributed by atoms with Gasteiger partial charge >= 0.3 is 0 Å². The van der Waals surface area contributed by atoms with Gasteiger partial charge in [0.25, 0.3) is 0 Å². The minimum atomic E-state index is -0.298. The zero-order valence-electron chi connectivity index (χ0n) is 11.8. The number of hydrogen-bond donors (Lipinski definition) is 1. The van der Waals surface area contributed by atoms with Crippen LogP contribution in [0.5, 0.6) is 0 Å². The Morgan fingerprint density at radius 1 is 1.40 bits per heavy atom. The first kappa shape index (κ1) is 14.1. The van der Waals surface area contributed by atoms with Crippen LogP contribution >= 0.6 is 23.1 Å². The third-order valence-corrected chi connectivity index (χ3v) is 6.23. The molecule has 1 aromatic heterocycles. The Labute approximate surface area is 127 Å². The minimum Gasteiger partial charge on any atom is -0.353 e. The lowest BCUT2D eigenvalue weighted by molar-refractivity contribution is 0.420. The van der Waals surface area contributed by atoms with E-state index in [1.807, 2.05) is 19.0 Å². The Kier molecular flexibility index (Phi) is 3.89. The molecule has 1 heterocycles. The van der Waals surface area contributed by atoms with Crippen molar-refractivity contribution in [1.82, 2.24) is 15.5 Å². The number of rotatable bonds is 5. The van der Waals surface area contributed by atoms with E-state index in [1.54, 1.807) is 23.1 Å². The van der Waals surface area contributed by atoms with E-state index >= 15 is 0 Å². The molecule has 5 nitrogen and oxygen atoms in total. The molecule has 0 bridgehead atoms. The fourth-order valence-electron chi connectivity index (χ4n) is 2.56. The second-order valence-electron chi connectivity index (χ2n) is 5.84. The molecule has 0 aromatic carbocycles. The first-order chi connectivity index (χ1) is 9.60. The van der Waals surface area contributed by atoms with Crippen molar-refractivity contribution < 1.29 is 0 Å². The molecule has 20 heavy (non-hydrogen) atoms. The summed E-state index contributed by atoms with van der Waals surface area (Å²) in [4.78, 5) is 1.98. The van der Waals surface area contributed by atoms with E-state index in [9.17, 15) is 5.26 Å². The summed E-state index contributed by atoms with van der Waals surface area (Å²) in [5, 5.41) is 22.9. The molecule has 0 saturated heterocycles. The summed E-state index contributed by atoms with van der Waals surface area (Å²) in [5.41, 5.74) is -0.298.